The maximum Gasteiger partial charge on any atom is 0.270 e. The van der Waals surface area contributed by atoms with Gasteiger partial charge in [-0.25, -0.2) is 4.98 Å². The first-order valence-electron chi connectivity index (χ1n) is 6.61. The number of nitrogens with one attached hydrogen (secondary N) is 1. The lowest BCUT2D eigenvalue weighted by atomic mass is 10.2. The molecular formula is C17H13BrN2O. The van der Waals surface area contributed by atoms with Crippen LogP contribution < -0.4 is 5.32 Å². The summed E-state index contributed by atoms with van der Waals surface area (Å²) in [5.41, 5.74) is 2.31. The predicted octanol–water partition coefficient (Wildman–Crippen LogP) is 3.93. The highest BCUT2D eigenvalue weighted by Crippen LogP contribution is 2.12. The minimum absolute atomic E-state index is 0.163. The molecule has 2 aromatic carbocycles. The van der Waals surface area contributed by atoms with Crippen LogP contribution in [0.25, 0.3) is 10.9 Å². The standard InChI is InChI=1S/C17H13BrN2O/c18-14-8-5-12(6-9-14)11-19-17(21)16-10-7-13-3-1-2-4-15(13)20-16/h1-10H,11H2,(H,19,21). The number of benzene rings is 2. The monoisotopic (exact) mass is 340 g/mol. The zero-order chi connectivity index (χ0) is 14.7. The second kappa shape index (κ2) is 6.06. The van der Waals surface area contributed by atoms with E-state index >= 15 is 0 Å². The van der Waals surface area contributed by atoms with Crippen molar-refractivity contribution in [3.63, 3.8) is 0 Å². The molecule has 0 spiro atoms. The third-order valence-corrected chi connectivity index (χ3v) is 3.73. The summed E-state index contributed by atoms with van der Waals surface area (Å²) >= 11 is 3.39. The number of para-hydroxylation sites is 1. The van der Waals surface area contributed by atoms with Crippen molar-refractivity contribution in [3.05, 3.63) is 76.4 Å². The van der Waals surface area contributed by atoms with Crippen LogP contribution in [-0.2, 0) is 6.54 Å². The fraction of sp³-hybridized carbons (Fsp3) is 0.0588. The first-order valence-corrected chi connectivity index (χ1v) is 7.40. The average molecular weight is 341 g/mol. The van der Waals surface area contributed by atoms with Gasteiger partial charge in [0.05, 0.1) is 5.52 Å². The Kier molecular flexibility index (Phi) is 3.97. The molecule has 1 heterocycles. The van der Waals surface area contributed by atoms with Crippen molar-refractivity contribution in [2.45, 2.75) is 6.54 Å². The molecule has 0 aliphatic rings. The second-order valence-corrected chi connectivity index (χ2v) is 5.61. The third-order valence-electron chi connectivity index (χ3n) is 3.20. The molecule has 0 fully saturated rings. The molecule has 0 aliphatic heterocycles. The van der Waals surface area contributed by atoms with Gasteiger partial charge in [-0.1, -0.05) is 52.3 Å². The Hall–Kier alpha value is -2.20. The van der Waals surface area contributed by atoms with Gasteiger partial charge in [0.2, 0.25) is 0 Å². The summed E-state index contributed by atoms with van der Waals surface area (Å²) in [5, 5.41) is 3.91. The number of rotatable bonds is 3. The Balaban J connectivity index is 1.73. The van der Waals surface area contributed by atoms with Crippen molar-refractivity contribution < 1.29 is 4.79 Å². The van der Waals surface area contributed by atoms with E-state index in [9.17, 15) is 4.79 Å². The normalized spacial score (nSPS) is 10.5. The summed E-state index contributed by atoms with van der Waals surface area (Å²) in [4.78, 5) is 16.5. The highest BCUT2D eigenvalue weighted by molar-refractivity contribution is 9.10. The Bertz CT molecular complexity index is 784. The van der Waals surface area contributed by atoms with Crippen LogP contribution in [0.4, 0.5) is 0 Å². The van der Waals surface area contributed by atoms with Gasteiger partial charge >= 0.3 is 0 Å². The molecule has 0 bridgehead atoms. The van der Waals surface area contributed by atoms with E-state index < -0.39 is 0 Å². The molecule has 1 amide bonds. The zero-order valence-electron chi connectivity index (χ0n) is 11.2. The van der Waals surface area contributed by atoms with Gasteiger partial charge in [-0.05, 0) is 29.8 Å². The summed E-state index contributed by atoms with van der Waals surface area (Å²) in [7, 11) is 0. The van der Waals surface area contributed by atoms with Crippen molar-refractivity contribution in [1.29, 1.82) is 0 Å². The van der Waals surface area contributed by atoms with Gasteiger partial charge in [-0.15, -0.1) is 0 Å². The molecule has 3 aromatic rings. The number of nitrogens with zero attached hydrogens (tertiary/aromatic N) is 1. The van der Waals surface area contributed by atoms with Gasteiger partial charge in [0.25, 0.3) is 5.91 Å². The van der Waals surface area contributed by atoms with Gasteiger partial charge in [0.15, 0.2) is 0 Å². The van der Waals surface area contributed by atoms with E-state index in [0.717, 1.165) is 20.9 Å². The molecule has 0 radical (unpaired) electrons. The second-order valence-electron chi connectivity index (χ2n) is 4.70. The quantitative estimate of drug-likeness (QED) is 0.784. The van der Waals surface area contributed by atoms with Crippen molar-refractivity contribution in [3.8, 4) is 0 Å². The number of carbonyl (C=O) groups excluding carboxylic acids is 1. The van der Waals surface area contributed by atoms with E-state index in [1.807, 2.05) is 54.6 Å². The predicted molar refractivity (Wildman–Crippen MR) is 87.1 cm³/mol. The summed E-state index contributed by atoms with van der Waals surface area (Å²) in [6.45, 7) is 0.487. The number of halogens is 1. The Morgan fingerprint density at radius 3 is 2.57 bits per heavy atom. The van der Waals surface area contributed by atoms with Crippen LogP contribution in [0.2, 0.25) is 0 Å². The molecule has 0 aliphatic carbocycles. The molecule has 0 unspecified atom stereocenters. The summed E-state index contributed by atoms with van der Waals surface area (Å²) in [6.07, 6.45) is 0. The van der Waals surface area contributed by atoms with Crippen molar-refractivity contribution in [2.75, 3.05) is 0 Å². The molecule has 3 nitrogen and oxygen atoms in total. The molecular weight excluding hydrogens is 328 g/mol. The minimum atomic E-state index is -0.163. The van der Waals surface area contributed by atoms with Crippen LogP contribution in [0.1, 0.15) is 16.1 Å². The van der Waals surface area contributed by atoms with Gasteiger partial charge < -0.3 is 5.32 Å². The number of aromatic nitrogens is 1. The number of carbonyl (C=O) groups is 1. The van der Waals surface area contributed by atoms with Gasteiger partial charge in [0, 0.05) is 16.4 Å². The fourth-order valence-corrected chi connectivity index (χ4v) is 2.33. The van der Waals surface area contributed by atoms with E-state index in [0.29, 0.717) is 12.2 Å². The highest BCUT2D eigenvalue weighted by atomic mass is 79.9. The number of pyridine rings is 1. The highest BCUT2D eigenvalue weighted by Gasteiger charge is 2.07. The Labute approximate surface area is 131 Å². The summed E-state index contributed by atoms with van der Waals surface area (Å²) < 4.78 is 1.02. The number of amides is 1. The van der Waals surface area contributed by atoms with Crippen LogP contribution in [0, 0.1) is 0 Å². The molecule has 3 rings (SSSR count). The SMILES string of the molecule is O=C(NCc1ccc(Br)cc1)c1ccc2ccccc2n1. The molecule has 104 valence electrons. The lowest BCUT2D eigenvalue weighted by molar-refractivity contribution is 0.0946. The minimum Gasteiger partial charge on any atom is -0.347 e. The molecule has 0 atom stereocenters. The molecule has 0 saturated heterocycles. The van der Waals surface area contributed by atoms with E-state index in [2.05, 4.69) is 26.2 Å². The molecule has 21 heavy (non-hydrogen) atoms. The third kappa shape index (κ3) is 3.28. The summed E-state index contributed by atoms with van der Waals surface area (Å²) in [5.74, 6) is -0.163. The zero-order valence-corrected chi connectivity index (χ0v) is 12.8. The largest absolute Gasteiger partial charge is 0.347 e. The Morgan fingerprint density at radius 2 is 1.76 bits per heavy atom. The van der Waals surface area contributed by atoms with Crippen LogP contribution in [0.5, 0.6) is 0 Å². The first-order chi connectivity index (χ1) is 10.2. The lowest BCUT2D eigenvalue weighted by Gasteiger charge is -2.06. The lowest BCUT2D eigenvalue weighted by Crippen LogP contribution is -2.23. The van der Waals surface area contributed by atoms with Crippen LogP contribution in [0.15, 0.2) is 65.1 Å². The number of hydrogen-bond donors (Lipinski definition) is 1. The van der Waals surface area contributed by atoms with Gasteiger partial charge in [0.1, 0.15) is 5.69 Å². The van der Waals surface area contributed by atoms with Gasteiger partial charge in [-0.2, -0.15) is 0 Å². The van der Waals surface area contributed by atoms with Crippen LogP contribution in [0.3, 0.4) is 0 Å². The average Bonchev–Trinajstić information content (AvgIpc) is 2.53. The maximum atomic E-state index is 12.1. The van der Waals surface area contributed by atoms with Crippen molar-refractivity contribution in [2.24, 2.45) is 0 Å². The molecule has 1 N–H and O–H groups in total. The van der Waals surface area contributed by atoms with E-state index in [1.54, 1.807) is 6.07 Å². The fourth-order valence-electron chi connectivity index (χ4n) is 2.07. The molecule has 1 aromatic heterocycles. The first kappa shape index (κ1) is 13.8. The van der Waals surface area contributed by atoms with Crippen molar-refractivity contribution >= 4 is 32.7 Å². The van der Waals surface area contributed by atoms with Gasteiger partial charge in [-0.3, -0.25) is 4.79 Å². The molecule has 0 saturated carbocycles. The maximum absolute atomic E-state index is 12.1. The smallest absolute Gasteiger partial charge is 0.270 e. The van der Waals surface area contributed by atoms with E-state index in [-0.39, 0.29) is 5.91 Å². The van der Waals surface area contributed by atoms with Crippen LogP contribution in [-0.4, -0.2) is 10.9 Å². The van der Waals surface area contributed by atoms with E-state index in [4.69, 9.17) is 0 Å². The number of fused-ring (bicyclic) bond motifs is 1. The van der Waals surface area contributed by atoms with Crippen LogP contribution >= 0.6 is 15.9 Å². The molecule has 4 heteroatoms. The van der Waals surface area contributed by atoms with E-state index in [1.165, 1.54) is 0 Å². The Morgan fingerprint density at radius 1 is 1.00 bits per heavy atom. The topological polar surface area (TPSA) is 42.0 Å². The number of hydrogen-bond acceptors (Lipinski definition) is 2. The van der Waals surface area contributed by atoms with Crippen molar-refractivity contribution in [1.82, 2.24) is 10.3 Å². The summed E-state index contributed by atoms with van der Waals surface area (Å²) in [6, 6.07) is 19.3.